The molecule has 0 aliphatic carbocycles. The van der Waals surface area contributed by atoms with E-state index in [4.69, 9.17) is 0 Å². The molecule has 0 bridgehead atoms. The van der Waals surface area contributed by atoms with Crippen molar-refractivity contribution < 1.29 is 4.79 Å². The average molecular weight is 264 g/mol. The van der Waals surface area contributed by atoms with Crippen LogP contribution in [0.2, 0.25) is 0 Å². The Kier molecular flexibility index (Phi) is 3.76. The van der Waals surface area contributed by atoms with Crippen LogP contribution in [0.4, 0.5) is 5.82 Å². The van der Waals surface area contributed by atoms with Crippen molar-refractivity contribution >= 4 is 33.3 Å². The third-order valence-electron chi connectivity index (χ3n) is 2.43. The monoisotopic (exact) mass is 264 g/mol. The molecule has 0 saturated carbocycles. The first kappa shape index (κ1) is 12.8. The number of likely N-dealkylation sites (N-methyl/N-ethyl adjacent to an activating group) is 1. The molecule has 0 aliphatic rings. The third kappa shape index (κ3) is 2.76. The largest absolute Gasteiger partial charge is 0.352 e. The van der Waals surface area contributed by atoms with E-state index in [2.05, 4.69) is 15.3 Å². The molecular weight excluding hydrogens is 248 g/mol. The second kappa shape index (κ2) is 5.30. The van der Waals surface area contributed by atoms with Gasteiger partial charge in [0, 0.05) is 13.1 Å². The fraction of sp³-hybridized carbons (Fsp3) is 0.417. The summed E-state index contributed by atoms with van der Waals surface area (Å²) in [6.45, 7) is 4.18. The van der Waals surface area contributed by atoms with Crippen LogP contribution >= 0.6 is 11.3 Å². The molecule has 1 N–H and O–H groups in total. The van der Waals surface area contributed by atoms with E-state index in [-0.39, 0.29) is 11.9 Å². The molecule has 0 aromatic carbocycles. The number of aromatic nitrogens is 2. The van der Waals surface area contributed by atoms with Gasteiger partial charge in [-0.3, -0.25) is 4.79 Å². The Hall–Kier alpha value is -1.69. The topological polar surface area (TPSA) is 58.1 Å². The average Bonchev–Trinajstić information content (AvgIpc) is 2.74. The van der Waals surface area contributed by atoms with Gasteiger partial charge >= 0.3 is 0 Å². The lowest BCUT2D eigenvalue weighted by atomic mass is 10.3. The predicted octanol–water partition coefficient (Wildman–Crippen LogP) is 1.65. The van der Waals surface area contributed by atoms with Crippen LogP contribution < -0.4 is 10.2 Å². The highest BCUT2D eigenvalue weighted by molar-refractivity contribution is 7.16. The summed E-state index contributed by atoms with van der Waals surface area (Å²) in [5.41, 5.74) is 0. The maximum atomic E-state index is 11.7. The highest BCUT2D eigenvalue weighted by atomic mass is 32.1. The van der Waals surface area contributed by atoms with Crippen LogP contribution in [0.3, 0.4) is 0 Å². The second-order valence-corrected chi connectivity index (χ2v) is 5.31. The zero-order valence-electron chi connectivity index (χ0n) is 10.7. The van der Waals surface area contributed by atoms with E-state index in [1.165, 1.54) is 6.33 Å². The van der Waals surface area contributed by atoms with E-state index in [9.17, 15) is 4.79 Å². The van der Waals surface area contributed by atoms with E-state index in [0.29, 0.717) is 6.54 Å². The first-order valence-electron chi connectivity index (χ1n) is 5.76. The normalized spacial score (nSPS) is 10.9. The van der Waals surface area contributed by atoms with Gasteiger partial charge in [0.2, 0.25) is 5.91 Å². The molecule has 0 atom stereocenters. The molecule has 0 spiro atoms. The molecule has 0 radical (unpaired) electrons. The summed E-state index contributed by atoms with van der Waals surface area (Å²) in [6.07, 6.45) is 1.53. The Morgan fingerprint density at radius 1 is 1.50 bits per heavy atom. The number of anilines is 1. The standard InChI is InChI=1S/C12H16N4OS/c1-8(2)15-10(17)6-16(3)11-9-4-5-18-12(9)14-7-13-11/h4-5,7-8H,6H2,1-3H3,(H,15,17). The number of amides is 1. The third-order valence-corrected chi connectivity index (χ3v) is 3.25. The molecule has 0 fully saturated rings. The summed E-state index contributed by atoms with van der Waals surface area (Å²) >= 11 is 1.57. The van der Waals surface area contributed by atoms with Crippen molar-refractivity contribution in [3.63, 3.8) is 0 Å². The van der Waals surface area contributed by atoms with Gasteiger partial charge in [-0.25, -0.2) is 9.97 Å². The number of hydrogen-bond acceptors (Lipinski definition) is 5. The number of nitrogens with zero attached hydrogens (tertiary/aromatic N) is 3. The second-order valence-electron chi connectivity index (χ2n) is 4.41. The van der Waals surface area contributed by atoms with Gasteiger partial charge < -0.3 is 10.2 Å². The smallest absolute Gasteiger partial charge is 0.239 e. The number of rotatable bonds is 4. The van der Waals surface area contributed by atoms with Crippen LogP contribution in [-0.4, -0.2) is 35.5 Å². The van der Waals surface area contributed by atoms with Crippen LogP contribution in [0.5, 0.6) is 0 Å². The van der Waals surface area contributed by atoms with Gasteiger partial charge in [0.25, 0.3) is 0 Å². The van der Waals surface area contributed by atoms with Gasteiger partial charge in [-0.1, -0.05) is 0 Å². The van der Waals surface area contributed by atoms with Crippen molar-refractivity contribution in [2.75, 3.05) is 18.5 Å². The first-order valence-corrected chi connectivity index (χ1v) is 6.64. The van der Waals surface area contributed by atoms with Gasteiger partial charge in [-0.2, -0.15) is 0 Å². The highest BCUT2D eigenvalue weighted by Gasteiger charge is 2.13. The molecule has 2 aromatic rings. The van der Waals surface area contributed by atoms with E-state index >= 15 is 0 Å². The Morgan fingerprint density at radius 2 is 2.28 bits per heavy atom. The van der Waals surface area contributed by atoms with Crippen LogP contribution in [0.15, 0.2) is 17.8 Å². The number of hydrogen-bond donors (Lipinski definition) is 1. The zero-order valence-corrected chi connectivity index (χ0v) is 11.5. The first-order chi connectivity index (χ1) is 8.58. The summed E-state index contributed by atoms with van der Waals surface area (Å²) in [4.78, 5) is 22.9. The molecule has 0 saturated heterocycles. The van der Waals surface area contributed by atoms with Crippen LogP contribution in [0, 0.1) is 0 Å². The lowest BCUT2D eigenvalue weighted by molar-refractivity contribution is -0.120. The van der Waals surface area contributed by atoms with Gasteiger partial charge in [0.05, 0.1) is 11.9 Å². The summed E-state index contributed by atoms with van der Waals surface area (Å²) in [6, 6.07) is 2.13. The SMILES string of the molecule is CC(C)NC(=O)CN(C)c1ncnc2sccc12. The molecule has 2 rings (SSSR count). The lowest BCUT2D eigenvalue weighted by Crippen LogP contribution is -2.38. The van der Waals surface area contributed by atoms with Crippen molar-refractivity contribution in [2.24, 2.45) is 0 Å². The predicted molar refractivity (Wildman–Crippen MR) is 74.0 cm³/mol. The molecule has 0 aliphatic heterocycles. The minimum Gasteiger partial charge on any atom is -0.352 e. The van der Waals surface area contributed by atoms with Crippen molar-refractivity contribution in [3.8, 4) is 0 Å². The van der Waals surface area contributed by atoms with Gasteiger partial charge in [0.1, 0.15) is 17.0 Å². The fourth-order valence-corrected chi connectivity index (χ4v) is 2.47. The van der Waals surface area contributed by atoms with Gasteiger partial charge in [-0.05, 0) is 25.3 Å². The fourth-order valence-electron chi connectivity index (χ4n) is 1.74. The Balaban J connectivity index is 2.16. The van der Waals surface area contributed by atoms with E-state index in [0.717, 1.165) is 16.0 Å². The summed E-state index contributed by atoms with van der Waals surface area (Å²) in [5, 5.41) is 5.83. The summed E-state index contributed by atoms with van der Waals surface area (Å²) in [7, 11) is 1.86. The number of thiophene rings is 1. The van der Waals surface area contributed by atoms with E-state index in [1.54, 1.807) is 11.3 Å². The molecule has 2 heterocycles. The van der Waals surface area contributed by atoms with Crippen molar-refractivity contribution in [1.29, 1.82) is 0 Å². The highest BCUT2D eigenvalue weighted by Crippen LogP contribution is 2.25. The lowest BCUT2D eigenvalue weighted by Gasteiger charge is -2.19. The minimum atomic E-state index is -0.00510. The summed E-state index contributed by atoms with van der Waals surface area (Å²) in [5.74, 6) is 0.787. The van der Waals surface area contributed by atoms with Crippen molar-refractivity contribution in [3.05, 3.63) is 17.8 Å². The molecule has 0 unspecified atom stereocenters. The number of fused-ring (bicyclic) bond motifs is 1. The van der Waals surface area contributed by atoms with Crippen LogP contribution in [-0.2, 0) is 4.79 Å². The molecule has 18 heavy (non-hydrogen) atoms. The van der Waals surface area contributed by atoms with Crippen molar-refractivity contribution in [2.45, 2.75) is 19.9 Å². The Labute approximate surface area is 110 Å². The van der Waals surface area contributed by atoms with E-state index in [1.807, 2.05) is 37.2 Å². The molecule has 1 amide bonds. The van der Waals surface area contributed by atoms with Gasteiger partial charge in [-0.15, -0.1) is 11.3 Å². The molecule has 2 aromatic heterocycles. The molecule has 6 heteroatoms. The maximum absolute atomic E-state index is 11.7. The van der Waals surface area contributed by atoms with E-state index < -0.39 is 0 Å². The quantitative estimate of drug-likeness (QED) is 0.912. The van der Waals surface area contributed by atoms with Gasteiger partial charge in [0.15, 0.2) is 0 Å². The van der Waals surface area contributed by atoms with Crippen LogP contribution in [0.1, 0.15) is 13.8 Å². The molecule has 96 valence electrons. The number of carbonyl (C=O) groups is 1. The number of nitrogens with one attached hydrogen (secondary N) is 1. The zero-order chi connectivity index (χ0) is 13.1. The minimum absolute atomic E-state index is 0.00510. The maximum Gasteiger partial charge on any atom is 0.239 e. The Morgan fingerprint density at radius 3 is 3.00 bits per heavy atom. The van der Waals surface area contributed by atoms with Crippen molar-refractivity contribution in [1.82, 2.24) is 15.3 Å². The Bertz CT molecular complexity index is 552. The number of carbonyl (C=O) groups excluding carboxylic acids is 1. The van der Waals surface area contributed by atoms with Crippen LogP contribution in [0.25, 0.3) is 10.2 Å². The summed E-state index contributed by atoms with van der Waals surface area (Å²) < 4.78 is 0. The molecular formula is C12H16N4OS. The molecule has 5 nitrogen and oxygen atoms in total.